The van der Waals surface area contributed by atoms with E-state index in [0.29, 0.717) is 38.4 Å². The number of anilines is 2. The molecular weight excluding hydrogens is 336 g/mol. The maximum Gasteiger partial charge on any atom is 0.306 e. The number of nitrogens with one attached hydrogen (secondary N) is 1. The molecule has 136 valence electrons. The number of aromatic nitrogens is 2. The summed E-state index contributed by atoms with van der Waals surface area (Å²) in [5.41, 5.74) is 1.05. The Labute approximate surface area is 150 Å². The van der Waals surface area contributed by atoms with Gasteiger partial charge in [0.15, 0.2) is 11.5 Å². The highest BCUT2D eigenvalue weighted by Crippen LogP contribution is 2.32. The zero-order valence-electron chi connectivity index (χ0n) is 14.2. The normalized spacial score (nSPS) is 16.5. The fourth-order valence-electron chi connectivity index (χ4n) is 3.20. The third kappa shape index (κ3) is 3.49. The molecule has 2 aliphatic rings. The summed E-state index contributed by atoms with van der Waals surface area (Å²) in [6.07, 6.45) is 2.99. The lowest BCUT2D eigenvalue weighted by Gasteiger charge is -2.31. The number of aliphatic carboxylic acids is 1. The molecule has 0 radical (unpaired) electrons. The molecule has 0 spiro atoms. The second-order valence-electron chi connectivity index (χ2n) is 6.38. The van der Waals surface area contributed by atoms with Gasteiger partial charge in [0.25, 0.3) is 0 Å². The average molecular weight is 356 g/mol. The van der Waals surface area contributed by atoms with Gasteiger partial charge in [0, 0.05) is 25.8 Å². The monoisotopic (exact) mass is 356 g/mol. The number of benzene rings is 1. The highest BCUT2D eigenvalue weighted by Gasteiger charge is 2.25. The van der Waals surface area contributed by atoms with Crippen LogP contribution in [0.25, 0.3) is 0 Å². The highest BCUT2D eigenvalue weighted by molar-refractivity contribution is 5.70. The summed E-state index contributed by atoms with van der Waals surface area (Å²) in [5, 5.41) is 12.3. The van der Waals surface area contributed by atoms with Crippen molar-refractivity contribution in [1.82, 2.24) is 9.97 Å². The number of fused-ring (bicyclic) bond motifs is 1. The Kier molecular flexibility index (Phi) is 4.47. The molecule has 2 aliphatic heterocycles. The second-order valence-corrected chi connectivity index (χ2v) is 6.38. The lowest BCUT2D eigenvalue weighted by molar-refractivity contribution is -0.142. The first-order chi connectivity index (χ1) is 12.7. The molecule has 26 heavy (non-hydrogen) atoms. The van der Waals surface area contributed by atoms with Crippen molar-refractivity contribution in [2.45, 2.75) is 19.4 Å². The average Bonchev–Trinajstić information content (AvgIpc) is 3.14. The molecule has 0 unspecified atom stereocenters. The van der Waals surface area contributed by atoms with E-state index in [2.05, 4.69) is 20.2 Å². The van der Waals surface area contributed by atoms with Gasteiger partial charge in [-0.05, 0) is 36.6 Å². The summed E-state index contributed by atoms with van der Waals surface area (Å²) in [4.78, 5) is 22.0. The quantitative estimate of drug-likeness (QED) is 0.841. The zero-order valence-corrected chi connectivity index (χ0v) is 14.2. The second kappa shape index (κ2) is 7.07. The number of carboxylic acid groups (broad SMARTS) is 1. The van der Waals surface area contributed by atoms with Gasteiger partial charge in [-0.3, -0.25) is 4.79 Å². The van der Waals surface area contributed by atoms with Crippen molar-refractivity contribution in [2.75, 3.05) is 30.1 Å². The molecule has 1 saturated heterocycles. The minimum absolute atomic E-state index is 0.253. The maximum atomic E-state index is 11.1. The summed E-state index contributed by atoms with van der Waals surface area (Å²) < 4.78 is 10.7. The number of carbonyl (C=O) groups is 1. The first-order valence-corrected chi connectivity index (χ1v) is 8.62. The molecule has 0 atom stereocenters. The topological polar surface area (TPSA) is 96.8 Å². The van der Waals surface area contributed by atoms with Crippen molar-refractivity contribution in [3.8, 4) is 11.5 Å². The van der Waals surface area contributed by atoms with Crippen LogP contribution in [0.1, 0.15) is 18.4 Å². The first kappa shape index (κ1) is 16.4. The van der Waals surface area contributed by atoms with Gasteiger partial charge in [0.2, 0.25) is 12.7 Å². The van der Waals surface area contributed by atoms with Crippen molar-refractivity contribution >= 4 is 17.7 Å². The zero-order chi connectivity index (χ0) is 17.9. The molecule has 4 rings (SSSR count). The van der Waals surface area contributed by atoms with E-state index in [1.54, 1.807) is 6.20 Å². The van der Waals surface area contributed by atoms with Gasteiger partial charge in [-0.25, -0.2) is 4.98 Å². The van der Waals surface area contributed by atoms with E-state index in [-0.39, 0.29) is 12.7 Å². The smallest absolute Gasteiger partial charge is 0.306 e. The molecule has 1 aromatic heterocycles. The van der Waals surface area contributed by atoms with Crippen LogP contribution in [0.5, 0.6) is 11.5 Å². The van der Waals surface area contributed by atoms with Gasteiger partial charge >= 0.3 is 5.97 Å². The predicted octanol–water partition coefficient (Wildman–Crippen LogP) is 2.12. The van der Waals surface area contributed by atoms with Gasteiger partial charge < -0.3 is 24.8 Å². The highest BCUT2D eigenvalue weighted by atomic mass is 16.7. The first-order valence-electron chi connectivity index (χ1n) is 8.62. The number of carboxylic acids is 1. The van der Waals surface area contributed by atoms with Crippen molar-refractivity contribution in [2.24, 2.45) is 5.92 Å². The lowest BCUT2D eigenvalue weighted by Crippen LogP contribution is -2.36. The SMILES string of the molecule is O=C(O)C1CCN(c2ccnc(NCc3ccc4c(c3)OCO4)n2)CC1. The number of hydrogen-bond donors (Lipinski definition) is 2. The van der Waals surface area contributed by atoms with Crippen molar-refractivity contribution in [3.63, 3.8) is 0 Å². The Morgan fingerprint density at radius 1 is 1.23 bits per heavy atom. The summed E-state index contributed by atoms with van der Waals surface area (Å²) in [6.45, 7) is 2.21. The van der Waals surface area contributed by atoms with Gasteiger partial charge in [-0.1, -0.05) is 6.07 Å². The maximum absolute atomic E-state index is 11.1. The molecular formula is C18H20N4O4. The largest absolute Gasteiger partial charge is 0.481 e. The molecule has 0 saturated carbocycles. The van der Waals surface area contributed by atoms with Crippen molar-refractivity contribution in [3.05, 3.63) is 36.0 Å². The van der Waals surface area contributed by atoms with E-state index in [1.165, 1.54) is 0 Å². The molecule has 1 aromatic carbocycles. The van der Waals surface area contributed by atoms with Crippen molar-refractivity contribution < 1.29 is 19.4 Å². The van der Waals surface area contributed by atoms with Crippen LogP contribution in [0.15, 0.2) is 30.5 Å². The molecule has 2 N–H and O–H groups in total. The summed E-state index contributed by atoms with van der Waals surface area (Å²) >= 11 is 0. The van der Waals surface area contributed by atoms with Gasteiger partial charge in [0.05, 0.1) is 5.92 Å². The summed E-state index contributed by atoms with van der Waals surface area (Å²) in [7, 11) is 0. The number of rotatable bonds is 5. The molecule has 0 bridgehead atoms. The van der Waals surface area contributed by atoms with Crippen LogP contribution in [0.4, 0.5) is 11.8 Å². The van der Waals surface area contributed by atoms with Crippen LogP contribution in [-0.2, 0) is 11.3 Å². The number of piperidine rings is 1. The van der Waals surface area contributed by atoms with Crippen LogP contribution in [-0.4, -0.2) is 40.9 Å². The molecule has 0 aliphatic carbocycles. The van der Waals surface area contributed by atoms with Crippen molar-refractivity contribution in [1.29, 1.82) is 0 Å². The Bertz CT molecular complexity index is 806. The molecule has 3 heterocycles. The Morgan fingerprint density at radius 3 is 2.85 bits per heavy atom. The van der Waals surface area contributed by atoms with Gasteiger partial charge in [-0.2, -0.15) is 4.98 Å². The Hall–Kier alpha value is -3.03. The van der Waals surface area contributed by atoms with E-state index in [1.807, 2.05) is 24.3 Å². The summed E-state index contributed by atoms with van der Waals surface area (Å²) in [5.74, 6) is 1.91. The van der Waals surface area contributed by atoms with Crippen LogP contribution < -0.4 is 19.7 Å². The standard InChI is InChI=1S/C18H20N4O4/c23-17(24)13-4-7-22(8-5-13)16-3-6-19-18(21-16)20-10-12-1-2-14-15(9-12)26-11-25-14/h1-3,6,9,13H,4-5,7-8,10-11H2,(H,23,24)(H,19,20,21). The Balaban J connectivity index is 1.38. The molecule has 0 amide bonds. The third-order valence-corrected chi connectivity index (χ3v) is 4.70. The minimum atomic E-state index is -0.710. The van der Waals surface area contributed by atoms with E-state index in [9.17, 15) is 4.79 Å². The molecule has 8 heteroatoms. The van der Waals surface area contributed by atoms with E-state index in [4.69, 9.17) is 14.6 Å². The molecule has 1 fully saturated rings. The number of hydrogen-bond acceptors (Lipinski definition) is 7. The minimum Gasteiger partial charge on any atom is -0.481 e. The molecule has 2 aromatic rings. The van der Waals surface area contributed by atoms with E-state index in [0.717, 1.165) is 22.9 Å². The van der Waals surface area contributed by atoms with E-state index >= 15 is 0 Å². The predicted molar refractivity (Wildman–Crippen MR) is 94.5 cm³/mol. The number of ether oxygens (including phenoxy) is 2. The van der Waals surface area contributed by atoms with Gasteiger partial charge in [-0.15, -0.1) is 0 Å². The number of nitrogens with zero attached hydrogens (tertiary/aromatic N) is 3. The van der Waals surface area contributed by atoms with Gasteiger partial charge in [0.1, 0.15) is 5.82 Å². The fourth-order valence-corrected chi connectivity index (χ4v) is 3.20. The fraction of sp³-hybridized carbons (Fsp3) is 0.389. The third-order valence-electron chi connectivity index (χ3n) is 4.70. The van der Waals surface area contributed by atoms with Crippen LogP contribution >= 0.6 is 0 Å². The molecule has 8 nitrogen and oxygen atoms in total. The van der Waals surface area contributed by atoms with Crippen LogP contribution in [0.3, 0.4) is 0 Å². The summed E-state index contributed by atoms with van der Waals surface area (Å²) in [6, 6.07) is 7.66. The van der Waals surface area contributed by atoms with E-state index < -0.39 is 5.97 Å². The lowest BCUT2D eigenvalue weighted by atomic mass is 9.97. The van der Waals surface area contributed by atoms with Crippen LogP contribution in [0.2, 0.25) is 0 Å². The van der Waals surface area contributed by atoms with Crippen LogP contribution in [0, 0.1) is 5.92 Å². The Morgan fingerprint density at radius 2 is 2.04 bits per heavy atom.